The number of hydrogen-bond donors (Lipinski definition) is 2. The molecule has 4 aromatic rings. The molecule has 164 valence electrons. The molecular formula is C29H35O2-. The quantitative estimate of drug-likeness (QED) is 0.356. The molecule has 4 aromatic carbocycles. The van der Waals surface area contributed by atoms with E-state index in [9.17, 15) is 0 Å². The van der Waals surface area contributed by atoms with Gasteiger partial charge in [-0.2, -0.15) is 0 Å². The summed E-state index contributed by atoms with van der Waals surface area (Å²) < 4.78 is 0. The monoisotopic (exact) mass is 415 g/mol. The first kappa shape index (κ1) is 25.5. The fourth-order valence-electron chi connectivity index (χ4n) is 2.72. The van der Waals surface area contributed by atoms with Crippen molar-refractivity contribution in [3.05, 3.63) is 120 Å². The molecule has 0 bridgehead atoms. The van der Waals surface area contributed by atoms with Crippen LogP contribution in [0, 0.1) is 0 Å². The topological polar surface area (TPSA) is 40.5 Å². The zero-order chi connectivity index (χ0) is 21.6. The average Bonchev–Trinajstić information content (AvgIpc) is 2.81. The SMILES string of the molecule is C.CCc1ccc(-c2ccc(CC)cc2)cc1.Oc1ccccc1.Oc1ccccc1.[H-]. The van der Waals surface area contributed by atoms with Crippen LogP contribution in [-0.4, -0.2) is 10.2 Å². The summed E-state index contributed by atoms with van der Waals surface area (Å²) in [6, 6.07) is 35.1. The summed E-state index contributed by atoms with van der Waals surface area (Å²) in [5.41, 5.74) is 5.41. The molecule has 2 N–H and O–H groups in total. The van der Waals surface area contributed by atoms with Crippen molar-refractivity contribution in [2.75, 3.05) is 0 Å². The molecule has 0 heterocycles. The molecule has 0 atom stereocenters. The molecule has 0 aromatic heterocycles. The van der Waals surface area contributed by atoms with Gasteiger partial charge in [-0.15, -0.1) is 0 Å². The van der Waals surface area contributed by atoms with Crippen LogP contribution < -0.4 is 0 Å². The lowest BCUT2D eigenvalue weighted by atomic mass is 10.0. The fraction of sp³-hybridized carbons (Fsp3) is 0.172. The van der Waals surface area contributed by atoms with E-state index in [2.05, 4.69) is 62.4 Å². The maximum Gasteiger partial charge on any atom is 0.115 e. The van der Waals surface area contributed by atoms with E-state index in [1.54, 1.807) is 48.5 Å². The average molecular weight is 416 g/mol. The summed E-state index contributed by atoms with van der Waals surface area (Å²) in [5, 5.41) is 17.3. The molecule has 31 heavy (non-hydrogen) atoms. The highest BCUT2D eigenvalue weighted by atomic mass is 16.3. The third kappa shape index (κ3) is 9.68. The molecule has 0 saturated heterocycles. The molecule has 0 saturated carbocycles. The minimum Gasteiger partial charge on any atom is -1.00 e. The Balaban J connectivity index is 0.000000503. The van der Waals surface area contributed by atoms with Crippen LogP contribution in [0.1, 0.15) is 33.8 Å². The van der Waals surface area contributed by atoms with E-state index >= 15 is 0 Å². The Bertz CT molecular complexity index is 868. The minimum atomic E-state index is 0. The van der Waals surface area contributed by atoms with Crippen molar-refractivity contribution in [1.82, 2.24) is 0 Å². The van der Waals surface area contributed by atoms with Crippen molar-refractivity contribution in [3.63, 3.8) is 0 Å². The Kier molecular flexibility index (Phi) is 11.9. The van der Waals surface area contributed by atoms with Gasteiger partial charge in [0.25, 0.3) is 0 Å². The third-order valence-electron chi connectivity index (χ3n) is 4.57. The van der Waals surface area contributed by atoms with Gasteiger partial charge in [0.1, 0.15) is 11.5 Å². The Morgan fingerprint density at radius 3 is 0.968 bits per heavy atom. The summed E-state index contributed by atoms with van der Waals surface area (Å²) in [6.45, 7) is 4.37. The Hall–Kier alpha value is -3.52. The van der Waals surface area contributed by atoms with E-state index < -0.39 is 0 Å². The molecule has 0 aliphatic rings. The highest BCUT2D eigenvalue weighted by Crippen LogP contribution is 2.20. The van der Waals surface area contributed by atoms with Crippen molar-refractivity contribution < 1.29 is 11.6 Å². The number of rotatable bonds is 3. The summed E-state index contributed by atoms with van der Waals surface area (Å²) >= 11 is 0. The van der Waals surface area contributed by atoms with E-state index in [4.69, 9.17) is 10.2 Å². The molecule has 2 heteroatoms. The lowest BCUT2D eigenvalue weighted by molar-refractivity contribution is 0.475. The Morgan fingerprint density at radius 2 is 0.774 bits per heavy atom. The van der Waals surface area contributed by atoms with Crippen LogP contribution in [0.15, 0.2) is 109 Å². The maximum absolute atomic E-state index is 8.63. The van der Waals surface area contributed by atoms with E-state index in [0.29, 0.717) is 11.5 Å². The van der Waals surface area contributed by atoms with Gasteiger partial charge in [0.05, 0.1) is 0 Å². The van der Waals surface area contributed by atoms with Crippen LogP contribution in [-0.2, 0) is 12.8 Å². The number of para-hydroxylation sites is 2. The number of phenols is 2. The molecule has 0 unspecified atom stereocenters. The smallest absolute Gasteiger partial charge is 0.115 e. The summed E-state index contributed by atoms with van der Waals surface area (Å²) in [7, 11) is 0. The van der Waals surface area contributed by atoms with Crippen LogP contribution in [0.5, 0.6) is 11.5 Å². The lowest BCUT2D eigenvalue weighted by Crippen LogP contribution is -1.83. The van der Waals surface area contributed by atoms with Crippen molar-refractivity contribution in [3.8, 4) is 22.6 Å². The molecule has 0 aliphatic heterocycles. The van der Waals surface area contributed by atoms with Gasteiger partial charge in [-0.1, -0.05) is 106 Å². The summed E-state index contributed by atoms with van der Waals surface area (Å²) in [5.74, 6) is 0.644. The standard InChI is InChI=1S/C16H18.2C6H6O.CH4.H/c1-3-13-5-9-15(10-6-13)16-11-7-14(4-2)8-12-16;2*7-6-4-2-1-3-5-6;;/h5-12H,3-4H2,1-2H3;2*1-5,7H;1H4;/q;;;;-1. The second kappa shape index (κ2) is 14.5. The van der Waals surface area contributed by atoms with Crippen LogP contribution >= 0.6 is 0 Å². The molecule has 0 spiro atoms. The normalized spacial score (nSPS) is 9.23. The van der Waals surface area contributed by atoms with Crippen LogP contribution in [0.2, 0.25) is 0 Å². The number of hydrogen-bond acceptors (Lipinski definition) is 2. The highest BCUT2D eigenvalue weighted by molar-refractivity contribution is 5.63. The van der Waals surface area contributed by atoms with Gasteiger partial charge >= 0.3 is 0 Å². The fourth-order valence-corrected chi connectivity index (χ4v) is 2.72. The van der Waals surface area contributed by atoms with Crippen LogP contribution in [0.4, 0.5) is 0 Å². The van der Waals surface area contributed by atoms with Gasteiger partial charge in [0, 0.05) is 0 Å². The van der Waals surface area contributed by atoms with Crippen molar-refractivity contribution in [1.29, 1.82) is 0 Å². The first-order chi connectivity index (χ1) is 14.6. The van der Waals surface area contributed by atoms with Crippen molar-refractivity contribution >= 4 is 0 Å². The Morgan fingerprint density at radius 1 is 0.484 bits per heavy atom. The third-order valence-corrected chi connectivity index (χ3v) is 4.57. The number of benzene rings is 4. The van der Waals surface area contributed by atoms with E-state index in [1.165, 1.54) is 22.3 Å². The van der Waals surface area contributed by atoms with E-state index in [-0.39, 0.29) is 8.85 Å². The first-order valence-corrected chi connectivity index (χ1v) is 10.3. The maximum atomic E-state index is 8.63. The first-order valence-electron chi connectivity index (χ1n) is 10.3. The summed E-state index contributed by atoms with van der Waals surface area (Å²) in [6.07, 6.45) is 2.21. The van der Waals surface area contributed by atoms with Crippen LogP contribution in [0.25, 0.3) is 11.1 Å². The molecular weight excluding hydrogens is 380 g/mol. The van der Waals surface area contributed by atoms with Gasteiger partial charge in [-0.05, 0) is 59.4 Å². The van der Waals surface area contributed by atoms with Gasteiger partial charge < -0.3 is 11.6 Å². The van der Waals surface area contributed by atoms with Crippen LogP contribution in [0.3, 0.4) is 0 Å². The van der Waals surface area contributed by atoms with E-state index in [1.807, 2.05) is 12.1 Å². The van der Waals surface area contributed by atoms with Gasteiger partial charge in [-0.3, -0.25) is 0 Å². The molecule has 0 radical (unpaired) electrons. The van der Waals surface area contributed by atoms with E-state index in [0.717, 1.165) is 12.8 Å². The predicted molar refractivity (Wildman–Crippen MR) is 135 cm³/mol. The lowest BCUT2D eigenvalue weighted by Gasteiger charge is -2.04. The molecule has 0 amide bonds. The van der Waals surface area contributed by atoms with Gasteiger partial charge in [0.2, 0.25) is 0 Å². The zero-order valence-corrected chi connectivity index (χ0v) is 17.7. The van der Waals surface area contributed by atoms with Gasteiger partial charge in [0.15, 0.2) is 0 Å². The Labute approximate surface area is 189 Å². The van der Waals surface area contributed by atoms with Crippen molar-refractivity contribution in [2.24, 2.45) is 0 Å². The predicted octanol–water partition coefficient (Wildman–Crippen LogP) is 8.01. The highest BCUT2D eigenvalue weighted by Gasteiger charge is 1.97. The number of aromatic hydroxyl groups is 2. The zero-order valence-electron chi connectivity index (χ0n) is 18.7. The second-order valence-corrected chi connectivity index (χ2v) is 6.77. The molecule has 4 rings (SSSR count). The number of aryl methyl sites for hydroxylation is 2. The minimum absolute atomic E-state index is 0. The largest absolute Gasteiger partial charge is 1.00 e. The van der Waals surface area contributed by atoms with Crippen molar-refractivity contribution in [2.45, 2.75) is 34.1 Å². The molecule has 0 aliphatic carbocycles. The molecule has 2 nitrogen and oxygen atoms in total. The second-order valence-electron chi connectivity index (χ2n) is 6.77. The number of phenolic OH excluding ortho intramolecular Hbond substituents is 2. The summed E-state index contributed by atoms with van der Waals surface area (Å²) in [4.78, 5) is 0. The molecule has 0 fully saturated rings. The van der Waals surface area contributed by atoms with Gasteiger partial charge in [-0.25, -0.2) is 0 Å².